The zero-order valence-corrected chi connectivity index (χ0v) is 10.8. The van der Waals surface area contributed by atoms with E-state index in [1.165, 1.54) is 5.56 Å². The first-order chi connectivity index (χ1) is 8.88. The molecule has 1 saturated heterocycles. The molecule has 0 aromatic heterocycles. The Morgan fingerprint density at radius 2 is 1.94 bits per heavy atom. The summed E-state index contributed by atoms with van der Waals surface area (Å²) in [6.07, 6.45) is 4.44. The smallest absolute Gasteiger partial charge is 0.0809 e. The highest BCUT2D eigenvalue weighted by molar-refractivity contribution is 5.13. The van der Waals surface area contributed by atoms with Gasteiger partial charge in [0.2, 0.25) is 0 Å². The molecule has 0 amide bonds. The van der Waals surface area contributed by atoms with Crippen LogP contribution in [0.2, 0.25) is 0 Å². The van der Waals surface area contributed by atoms with Gasteiger partial charge in [-0.3, -0.25) is 0 Å². The van der Waals surface area contributed by atoms with E-state index < -0.39 is 0 Å². The SMILES string of the molecule is OC[C@H]1CCC[C@@H](CCOCc2ccccc2)O1. The van der Waals surface area contributed by atoms with Gasteiger partial charge in [-0.15, -0.1) is 0 Å². The van der Waals surface area contributed by atoms with Crippen LogP contribution in [0.15, 0.2) is 30.3 Å². The molecule has 0 aliphatic carbocycles. The topological polar surface area (TPSA) is 38.7 Å². The van der Waals surface area contributed by atoms with Crippen LogP contribution >= 0.6 is 0 Å². The lowest BCUT2D eigenvalue weighted by Gasteiger charge is -2.28. The molecule has 0 spiro atoms. The van der Waals surface area contributed by atoms with Crippen molar-refractivity contribution < 1.29 is 14.6 Å². The molecule has 1 aromatic rings. The van der Waals surface area contributed by atoms with Gasteiger partial charge in [0.1, 0.15) is 0 Å². The second kappa shape index (κ2) is 7.52. The van der Waals surface area contributed by atoms with E-state index in [0.29, 0.717) is 6.61 Å². The molecule has 3 nitrogen and oxygen atoms in total. The summed E-state index contributed by atoms with van der Waals surface area (Å²) in [6, 6.07) is 10.2. The Kier molecular flexibility index (Phi) is 5.65. The molecule has 0 unspecified atom stereocenters. The van der Waals surface area contributed by atoms with Crippen LogP contribution < -0.4 is 0 Å². The fourth-order valence-electron chi connectivity index (χ4n) is 2.31. The van der Waals surface area contributed by atoms with Gasteiger partial charge >= 0.3 is 0 Å². The lowest BCUT2D eigenvalue weighted by Crippen LogP contribution is -2.30. The minimum Gasteiger partial charge on any atom is -0.394 e. The maximum atomic E-state index is 9.07. The third-order valence-corrected chi connectivity index (χ3v) is 3.34. The molecule has 2 rings (SSSR count). The molecule has 1 aliphatic heterocycles. The number of hydrogen-bond donors (Lipinski definition) is 1. The lowest BCUT2D eigenvalue weighted by molar-refractivity contribution is -0.0826. The summed E-state index contributed by atoms with van der Waals surface area (Å²) in [7, 11) is 0. The number of ether oxygens (including phenoxy) is 2. The molecule has 2 atom stereocenters. The van der Waals surface area contributed by atoms with Gasteiger partial charge in [0.25, 0.3) is 0 Å². The number of rotatable bonds is 6. The van der Waals surface area contributed by atoms with Crippen LogP contribution in [0.5, 0.6) is 0 Å². The minimum atomic E-state index is 0.0397. The molecule has 0 saturated carbocycles. The molecular weight excluding hydrogens is 228 g/mol. The maximum Gasteiger partial charge on any atom is 0.0809 e. The van der Waals surface area contributed by atoms with Gasteiger partial charge in [0.05, 0.1) is 25.4 Å². The van der Waals surface area contributed by atoms with E-state index in [1.807, 2.05) is 18.2 Å². The Morgan fingerprint density at radius 3 is 2.72 bits per heavy atom. The average Bonchev–Trinajstić information content (AvgIpc) is 2.45. The van der Waals surface area contributed by atoms with Crippen LogP contribution in [0.25, 0.3) is 0 Å². The number of benzene rings is 1. The summed E-state index contributed by atoms with van der Waals surface area (Å²) in [4.78, 5) is 0. The Labute approximate surface area is 109 Å². The molecule has 1 heterocycles. The Morgan fingerprint density at radius 1 is 1.17 bits per heavy atom. The van der Waals surface area contributed by atoms with Gasteiger partial charge in [-0.05, 0) is 31.2 Å². The van der Waals surface area contributed by atoms with Crippen LogP contribution in [-0.4, -0.2) is 30.5 Å². The van der Waals surface area contributed by atoms with Gasteiger partial charge < -0.3 is 14.6 Å². The van der Waals surface area contributed by atoms with Gasteiger partial charge in [0, 0.05) is 6.61 Å². The van der Waals surface area contributed by atoms with Crippen LogP contribution in [0, 0.1) is 0 Å². The highest BCUT2D eigenvalue weighted by atomic mass is 16.5. The van der Waals surface area contributed by atoms with Gasteiger partial charge in [-0.25, -0.2) is 0 Å². The fraction of sp³-hybridized carbons (Fsp3) is 0.600. The molecule has 0 radical (unpaired) electrons. The third-order valence-electron chi connectivity index (χ3n) is 3.34. The quantitative estimate of drug-likeness (QED) is 0.788. The van der Waals surface area contributed by atoms with E-state index in [4.69, 9.17) is 14.6 Å². The standard InChI is InChI=1S/C15H22O3/c16-11-15-8-4-7-14(18-15)9-10-17-12-13-5-2-1-3-6-13/h1-3,5-6,14-16H,4,7-12H2/t14-,15+/m0/s1. The molecule has 1 N–H and O–H groups in total. The Hall–Kier alpha value is -0.900. The van der Waals surface area contributed by atoms with E-state index in [-0.39, 0.29) is 18.8 Å². The van der Waals surface area contributed by atoms with Crippen molar-refractivity contribution in [2.45, 2.75) is 44.5 Å². The molecule has 1 aliphatic rings. The largest absolute Gasteiger partial charge is 0.394 e. The van der Waals surface area contributed by atoms with E-state index in [1.54, 1.807) is 0 Å². The summed E-state index contributed by atoms with van der Waals surface area (Å²) < 4.78 is 11.4. The molecule has 3 heteroatoms. The first-order valence-corrected chi connectivity index (χ1v) is 6.76. The Balaban J connectivity index is 1.60. The summed E-state index contributed by atoms with van der Waals surface area (Å²) in [5, 5.41) is 9.07. The van der Waals surface area contributed by atoms with Crippen molar-refractivity contribution in [2.24, 2.45) is 0 Å². The van der Waals surface area contributed by atoms with Gasteiger partial charge in [-0.1, -0.05) is 30.3 Å². The third kappa shape index (κ3) is 4.41. The van der Waals surface area contributed by atoms with E-state index in [9.17, 15) is 0 Å². The van der Waals surface area contributed by atoms with Crippen LogP contribution in [0.1, 0.15) is 31.2 Å². The summed E-state index contributed by atoms with van der Waals surface area (Å²) >= 11 is 0. The average molecular weight is 250 g/mol. The van der Waals surface area contributed by atoms with E-state index in [0.717, 1.165) is 32.3 Å². The second-order valence-electron chi connectivity index (χ2n) is 4.82. The predicted octanol–water partition coefficient (Wildman–Crippen LogP) is 2.52. The normalized spacial score (nSPS) is 24.1. The monoisotopic (exact) mass is 250 g/mol. The first kappa shape index (κ1) is 13.5. The molecule has 1 fully saturated rings. The van der Waals surface area contributed by atoms with E-state index >= 15 is 0 Å². The fourth-order valence-corrected chi connectivity index (χ4v) is 2.31. The zero-order valence-electron chi connectivity index (χ0n) is 10.8. The predicted molar refractivity (Wildman–Crippen MR) is 70.3 cm³/mol. The van der Waals surface area contributed by atoms with E-state index in [2.05, 4.69) is 12.1 Å². The number of aliphatic hydroxyl groups excluding tert-OH is 1. The van der Waals surface area contributed by atoms with Crippen molar-refractivity contribution in [3.8, 4) is 0 Å². The number of aliphatic hydroxyl groups is 1. The van der Waals surface area contributed by atoms with Crippen molar-refractivity contribution >= 4 is 0 Å². The lowest BCUT2D eigenvalue weighted by atomic mass is 10.0. The van der Waals surface area contributed by atoms with Crippen molar-refractivity contribution in [3.63, 3.8) is 0 Å². The minimum absolute atomic E-state index is 0.0397. The van der Waals surface area contributed by atoms with Crippen molar-refractivity contribution in [2.75, 3.05) is 13.2 Å². The summed E-state index contributed by atoms with van der Waals surface area (Å²) in [5.41, 5.74) is 1.20. The molecule has 18 heavy (non-hydrogen) atoms. The molecular formula is C15H22O3. The highest BCUT2D eigenvalue weighted by Gasteiger charge is 2.21. The molecule has 1 aromatic carbocycles. The Bertz CT molecular complexity index is 326. The molecule has 100 valence electrons. The first-order valence-electron chi connectivity index (χ1n) is 6.76. The van der Waals surface area contributed by atoms with Crippen molar-refractivity contribution in [1.29, 1.82) is 0 Å². The van der Waals surface area contributed by atoms with Gasteiger partial charge in [0.15, 0.2) is 0 Å². The summed E-state index contributed by atoms with van der Waals surface area (Å²) in [5.74, 6) is 0. The zero-order chi connectivity index (χ0) is 12.6. The second-order valence-corrected chi connectivity index (χ2v) is 4.82. The van der Waals surface area contributed by atoms with Crippen molar-refractivity contribution in [3.05, 3.63) is 35.9 Å². The molecule has 0 bridgehead atoms. The summed E-state index contributed by atoms with van der Waals surface area (Å²) in [6.45, 7) is 1.52. The van der Waals surface area contributed by atoms with Crippen LogP contribution in [0.3, 0.4) is 0 Å². The van der Waals surface area contributed by atoms with Crippen molar-refractivity contribution in [1.82, 2.24) is 0 Å². The highest BCUT2D eigenvalue weighted by Crippen LogP contribution is 2.20. The van der Waals surface area contributed by atoms with Crippen LogP contribution in [-0.2, 0) is 16.1 Å². The van der Waals surface area contributed by atoms with Crippen LogP contribution in [0.4, 0.5) is 0 Å². The van der Waals surface area contributed by atoms with Gasteiger partial charge in [-0.2, -0.15) is 0 Å². The number of hydrogen-bond acceptors (Lipinski definition) is 3. The maximum absolute atomic E-state index is 9.07.